The van der Waals surface area contributed by atoms with Gasteiger partial charge in [0.1, 0.15) is 5.82 Å². The van der Waals surface area contributed by atoms with E-state index in [-0.39, 0.29) is 11.9 Å². The van der Waals surface area contributed by atoms with E-state index in [1.165, 1.54) is 0 Å². The summed E-state index contributed by atoms with van der Waals surface area (Å²) >= 11 is 0. The first kappa shape index (κ1) is 26.1. The number of carbonyl (C=O) groups is 2. The van der Waals surface area contributed by atoms with E-state index in [1.807, 2.05) is 18.6 Å². The van der Waals surface area contributed by atoms with E-state index in [0.717, 1.165) is 42.8 Å². The van der Waals surface area contributed by atoms with Gasteiger partial charge in [0.15, 0.2) is 0 Å². The number of hydrogen-bond donors (Lipinski definition) is 3. The van der Waals surface area contributed by atoms with Gasteiger partial charge < -0.3 is 20.1 Å². The van der Waals surface area contributed by atoms with Gasteiger partial charge in [0, 0.05) is 5.56 Å². The maximum atomic E-state index is 13.6. The van der Waals surface area contributed by atoms with E-state index in [4.69, 9.17) is 19.8 Å². The molecule has 3 heterocycles. The fourth-order valence-corrected chi connectivity index (χ4v) is 3.54. The highest BCUT2D eigenvalue weighted by Gasteiger charge is 2.39. The molecule has 7 nitrogen and oxygen atoms in total. The highest BCUT2D eigenvalue weighted by molar-refractivity contribution is 5.73. The van der Waals surface area contributed by atoms with E-state index < -0.39 is 24.3 Å². The Morgan fingerprint density at radius 1 is 1.00 bits per heavy atom. The molecular weight excluding hydrogens is 467 g/mol. The summed E-state index contributed by atoms with van der Waals surface area (Å²) in [6.07, 6.45) is -4.12. The van der Waals surface area contributed by atoms with E-state index in [0.29, 0.717) is 5.92 Å². The molecule has 1 aromatic heterocycles. The number of halogens is 7. The Morgan fingerprint density at radius 2 is 1.52 bits per heavy atom. The monoisotopic (exact) mass is 485 g/mol. The predicted octanol–water partition coefficient (Wildman–Crippen LogP) is 3.86. The number of aromatic nitrogens is 2. The molecule has 33 heavy (non-hydrogen) atoms. The minimum absolute atomic E-state index is 0.142. The fraction of sp³-hybridized carbons (Fsp3) is 0.421. The summed E-state index contributed by atoms with van der Waals surface area (Å²) in [7, 11) is 0. The number of fused-ring (bicyclic) bond motifs is 3. The standard InChI is InChI=1S/C15H16FN3.2C2HF3O2/c16-11-1-2-12-13(7-11)15(10-3-5-17-6-4-10)19-9-18-8-14(12)19;2*3-2(4,5)1(6)7/h1-2,7-10,15,17H,3-6H2;2*(H,6,7). The Balaban J connectivity index is 0.000000230. The molecule has 0 saturated carbocycles. The number of piperidine rings is 1. The van der Waals surface area contributed by atoms with Crippen LogP contribution in [0.3, 0.4) is 0 Å². The van der Waals surface area contributed by atoms with Crippen LogP contribution < -0.4 is 5.32 Å². The van der Waals surface area contributed by atoms with Crippen molar-refractivity contribution in [2.24, 2.45) is 5.92 Å². The van der Waals surface area contributed by atoms with Gasteiger partial charge in [-0.05, 0) is 55.6 Å². The van der Waals surface area contributed by atoms with Crippen LogP contribution in [0.4, 0.5) is 30.7 Å². The Bertz CT molecular complexity index is 958. The average Bonchev–Trinajstić information content (AvgIpc) is 3.28. The summed E-state index contributed by atoms with van der Waals surface area (Å²) < 4.78 is 79.3. The van der Waals surface area contributed by atoms with Crippen LogP contribution in [0.2, 0.25) is 0 Å². The maximum absolute atomic E-state index is 13.6. The van der Waals surface area contributed by atoms with Gasteiger partial charge in [-0.15, -0.1) is 0 Å². The molecule has 0 amide bonds. The molecule has 182 valence electrons. The summed E-state index contributed by atoms with van der Waals surface area (Å²) in [6.45, 7) is 2.10. The lowest BCUT2D eigenvalue weighted by Gasteiger charge is -2.29. The van der Waals surface area contributed by atoms with Gasteiger partial charge in [-0.2, -0.15) is 26.3 Å². The molecule has 14 heteroatoms. The number of rotatable bonds is 1. The SMILES string of the molecule is Fc1ccc2c(c1)C(C1CCNCC1)n1cncc1-2.O=C(O)C(F)(F)F.O=C(O)C(F)(F)F. The van der Waals surface area contributed by atoms with Gasteiger partial charge in [-0.3, -0.25) is 0 Å². The third kappa shape index (κ3) is 6.66. The molecule has 1 atom stereocenters. The summed E-state index contributed by atoms with van der Waals surface area (Å²) in [5.41, 5.74) is 3.39. The molecule has 0 bridgehead atoms. The van der Waals surface area contributed by atoms with Gasteiger partial charge in [0.2, 0.25) is 0 Å². The minimum Gasteiger partial charge on any atom is -0.475 e. The van der Waals surface area contributed by atoms with Gasteiger partial charge in [0.05, 0.1) is 24.3 Å². The number of nitrogens with zero attached hydrogens (tertiary/aromatic N) is 2. The number of carboxylic acid groups (broad SMARTS) is 2. The molecule has 1 saturated heterocycles. The predicted molar refractivity (Wildman–Crippen MR) is 98.7 cm³/mol. The first-order valence-electron chi connectivity index (χ1n) is 9.36. The van der Waals surface area contributed by atoms with Crippen LogP contribution in [0, 0.1) is 11.7 Å². The zero-order valence-electron chi connectivity index (χ0n) is 16.6. The van der Waals surface area contributed by atoms with Crippen molar-refractivity contribution in [1.29, 1.82) is 0 Å². The Morgan fingerprint density at radius 3 is 2.00 bits per heavy atom. The summed E-state index contributed by atoms with van der Waals surface area (Å²) in [6, 6.07) is 5.39. The third-order valence-electron chi connectivity index (χ3n) is 4.89. The normalized spacial score (nSPS) is 17.6. The van der Waals surface area contributed by atoms with Crippen molar-refractivity contribution in [3.05, 3.63) is 42.1 Å². The lowest BCUT2D eigenvalue weighted by Crippen LogP contribution is -2.32. The molecule has 1 fully saturated rings. The van der Waals surface area contributed by atoms with E-state index >= 15 is 0 Å². The first-order chi connectivity index (χ1) is 15.2. The van der Waals surface area contributed by atoms with Gasteiger partial charge in [0.25, 0.3) is 0 Å². The molecule has 2 aliphatic rings. The molecule has 1 aromatic carbocycles. The summed E-state index contributed by atoms with van der Waals surface area (Å²) in [5.74, 6) is -5.09. The van der Waals surface area contributed by atoms with E-state index in [9.17, 15) is 30.7 Å². The minimum atomic E-state index is -5.08. The van der Waals surface area contributed by atoms with Crippen LogP contribution in [0.1, 0.15) is 24.4 Å². The van der Waals surface area contributed by atoms with Crippen molar-refractivity contribution in [3.8, 4) is 11.3 Å². The zero-order valence-corrected chi connectivity index (χ0v) is 16.6. The van der Waals surface area contributed by atoms with Crippen LogP contribution in [0.25, 0.3) is 11.3 Å². The number of alkyl halides is 6. The first-order valence-corrected chi connectivity index (χ1v) is 9.36. The summed E-state index contributed by atoms with van der Waals surface area (Å²) in [5, 5.41) is 17.6. The van der Waals surface area contributed by atoms with Gasteiger partial charge in [-0.25, -0.2) is 19.0 Å². The lowest BCUT2D eigenvalue weighted by molar-refractivity contribution is -0.193. The third-order valence-corrected chi connectivity index (χ3v) is 4.89. The second-order valence-corrected chi connectivity index (χ2v) is 7.06. The molecular formula is C19H18F7N3O4. The molecule has 3 N–H and O–H groups in total. The quantitative estimate of drug-likeness (QED) is 0.530. The molecule has 1 unspecified atom stereocenters. The molecule has 0 spiro atoms. The Labute approximate surface area is 181 Å². The molecule has 0 aliphatic carbocycles. The van der Waals surface area contributed by atoms with Crippen molar-refractivity contribution < 1.29 is 50.5 Å². The highest BCUT2D eigenvalue weighted by atomic mass is 19.4. The van der Waals surface area contributed by atoms with Crippen molar-refractivity contribution >= 4 is 11.9 Å². The number of benzene rings is 1. The molecule has 0 radical (unpaired) electrons. The lowest BCUT2D eigenvalue weighted by atomic mass is 9.86. The highest BCUT2D eigenvalue weighted by Crippen LogP contribution is 2.45. The van der Waals surface area contributed by atoms with Gasteiger partial charge >= 0.3 is 24.3 Å². The largest absolute Gasteiger partial charge is 0.490 e. The van der Waals surface area contributed by atoms with E-state index in [2.05, 4.69) is 14.9 Å². The second-order valence-electron chi connectivity index (χ2n) is 7.06. The van der Waals surface area contributed by atoms with Crippen LogP contribution in [0.5, 0.6) is 0 Å². The van der Waals surface area contributed by atoms with Crippen LogP contribution >= 0.6 is 0 Å². The molecule has 2 aliphatic heterocycles. The van der Waals surface area contributed by atoms with Crippen LogP contribution in [-0.2, 0) is 9.59 Å². The topological polar surface area (TPSA) is 104 Å². The van der Waals surface area contributed by atoms with Crippen LogP contribution in [-0.4, -0.2) is 57.1 Å². The second kappa shape index (κ2) is 10.2. The van der Waals surface area contributed by atoms with Gasteiger partial charge in [-0.1, -0.05) is 0 Å². The number of aliphatic carboxylic acids is 2. The summed E-state index contributed by atoms with van der Waals surface area (Å²) in [4.78, 5) is 22.1. The van der Waals surface area contributed by atoms with Crippen molar-refractivity contribution in [3.63, 3.8) is 0 Å². The van der Waals surface area contributed by atoms with Crippen molar-refractivity contribution in [2.75, 3.05) is 13.1 Å². The average molecular weight is 485 g/mol. The fourth-order valence-electron chi connectivity index (χ4n) is 3.54. The smallest absolute Gasteiger partial charge is 0.475 e. The Kier molecular flexibility index (Phi) is 8.06. The van der Waals surface area contributed by atoms with Crippen molar-refractivity contribution in [2.45, 2.75) is 31.2 Å². The molecule has 4 rings (SSSR count). The number of carboxylic acids is 2. The van der Waals surface area contributed by atoms with E-state index in [1.54, 1.807) is 12.1 Å². The number of nitrogens with one attached hydrogen (secondary N) is 1. The zero-order chi connectivity index (χ0) is 25.0. The number of hydrogen-bond acceptors (Lipinski definition) is 4. The molecule has 2 aromatic rings. The van der Waals surface area contributed by atoms with Crippen molar-refractivity contribution in [1.82, 2.24) is 14.9 Å². The Hall–Kier alpha value is -3.16. The number of imidazole rings is 1. The maximum Gasteiger partial charge on any atom is 0.490 e. The van der Waals surface area contributed by atoms with Crippen LogP contribution in [0.15, 0.2) is 30.7 Å².